The van der Waals surface area contributed by atoms with E-state index in [0.717, 1.165) is 5.06 Å². The third-order valence-electron chi connectivity index (χ3n) is 2.14. The Morgan fingerprint density at radius 3 is 2.79 bits per heavy atom. The van der Waals surface area contributed by atoms with Crippen LogP contribution in [-0.2, 0) is 19.1 Å². The third-order valence-corrected chi connectivity index (χ3v) is 2.14. The quantitative estimate of drug-likeness (QED) is 0.564. The highest BCUT2D eigenvalue weighted by molar-refractivity contribution is 5.80. The predicted octanol–water partition coefficient (Wildman–Crippen LogP) is -1.46. The minimum atomic E-state index is -0.594. The van der Waals surface area contributed by atoms with E-state index >= 15 is 0 Å². The van der Waals surface area contributed by atoms with Crippen LogP contribution in [0.3, 0.4) is 0 Å². The molecule has 80 valence electrons. The van der Waals surface area contributed by atoms with E-state index in [4.69, 9.17) is 19.4 Å². The van der Waals surface area contributed by atoms with E-state index in [1.54, 1.807) is 0 Å². The van der Waals surface area contributed by atoms with E-state index < -0.39 is 12.2 Å². The number of hydroxylamine groups is 2. The summed E-state index contributed by atoms with van der Waals surface area (Å²) in [5.41, 5.74) is 0. The van der Waals surface area contributed by atoms with Crippen molar-refractivity contribution in [3.05, 3.63) is 0 Å². The fourth-order valence-corrected chi connectivity index (χ4v) is 1.42. The molecule has 0 bridgehead atoms. The van der Waals surface area contributed by atoms with Crippen LogP contribution in [0.4, 0.5) is 0 Å². The molecule has 2 aliphatic heterocycles. The van der Waals surface area contributed by atoms with Gasteiger partial charge in [0.05, 0.1) is 26.4 Å². The van der Waals surface area contributed by atoms with Gasteiger partial charge >= 0.3 is 0 Å². The van der Waals surface area contributed by atoms with Crippen LogP contribution in [0.25, 0.3) is 0 Å². The molecule has 0 aromatic rings. The number of nitrogens with zero attached hydrogens (tertiary/aromatic N) is 1. The molecule has 0 saturated carbocycles. The molecule has 14 heavy (non-hydrogen) atoms. The second kappa shape index (κ2) is 4.22. The van der Waals surface area contributed by atoms with Crippen molar-refractivity contribution in [3.63, 3.8) is 0 Å². The molecule has 2 rings (SSSR count). The molecule has 0 radical (unpaired) electrons. The molecular weight excluding hydrogens is 190 g/mol. The number of carbonyl (C=O) groups is 1. The number of amides is 1. The van der Waals surface area contributed by atoms with Gasteiger partial charge in [-0.05, 0) is 0 Å². The molecule has 0 aromatic heterocycles. The van der Waals surface area contributed by atoms with Gasteiger partial charge in [0.1, 0.15) is 12.7 Å². The number of β-amino-alcohol motifs (C(OH)–C–C–N with tert-alkyl or cyclic N) is 1. The summed E-state index contributed by atoms with van der Waals surface area (Å²) in [6, 6.07) is 0. The second-order valence-corrected chi connectivity index (χ2v) is 3.28. The van der Waals surface area contributed by atoms with Gasteiger partial charge in [0.15, 0.2) is 6.10 Å². The monoisotopic (exact) mass is 203 g/mol. The zero-order valence-corrected chi connectivity index (χ0v) is 7.72. The van der Waals surface area contributed by atoms with Crippen molar-refractivity contribution in [2.45, 2.75) is 12.2 Å². The number of ether oxygens (including phenoxy) is 2. The van der Waals surface area contributed by atoms with Gasteiger partial charge in [0.2, 0.25) is 0 Å². The van der Waals surface area contributed by atoms with Gasteiger partial charge in [-0.3, -0.25) is 9.63 Å². The molecule has 2 aliphatic rings. The van der Waals surface area contributed by atoms with Crippen LogP contribution in [-0.4, -0.2) is 61.3 Å². The van der Waals surface area contributed by atoms with E-state index in [9.17, 15) is 4.79 Å². The summed E-state index contributed by atoms with van der Waals surface area (Å²) in [6.07, 6.45) is -1.18. The first kappa shape index (κ1) is 9.85. The van der Waals surface area contributed by atoms with Gasteiger partial charge in [-0.2, -0.15) is 0 Å². The van der Waals surface area contributed by atoms with Crippen LogP contribution in [0.1, 0.15) is 0 Å². The Labute approximate surface area is 81.3 Å². The van der Waals surface area contributed by atoms with Crippen LogP contribution in [0.2, 0.25) is 0 Å². The maximum atomic E-state index is 11.6. The minimum Gasteiger partial charge on any atom is -0.389 e. The zero-order valence-electron chi connectivity index (χ0n) is 7.72. The smallest absolute Gasteiger partial charge is 0.277 e. The lowest BCUT2D eigenvalue weighted by Crippen LogP contribution is -2.44. The number of hydrogen-bond donors (Lipinski definition) is 1. The largest absolute Gasteiger partial charge is 0.389 e. The lowest BCUT2D eigenvalue weighted by atomic mass is 10.3. The SMILES string of the molecule is O=C(C1COCCO1)N1C[C@@H](O)CO1. The number of aliphatic hydroxyl groups excluding tert-OH is 1. The topological polar surface area (TPSA) is 68.2 Å². The van der Waals surface area contributed by atoms with Gasteiger partial charge in [-0.15, -0.1) is 0 Å². The predicted molar refractivity (Wildman–Crippen MR) is 44.2 cm³/mol. The molecule has 0 aliphatic carbocycles. The lowest BCUT2D eigenvalue weighted by molar-refractivity contribution is -0.191. The molecule has 2 saturated heterocycles. The number of rotatable bonds is 1. The average molecular weight is 203 g/mol. The highest BCUT2D eigenvalue weighted by Crippen LogP contribution is 2.11. The summed E-state index contributed by atoms with van der Waals surface area (Å²) in [5.74, 6) is -0.277. The molecule has 1 N–H and O–H groups in total. The number of carbonyl (C=O) groups excluding carboxylic acids is 1. The van der Waals surface area contributed by atoms with Crippen LogP contribution in [0.5, 0.6) is 0 Å². The Bertz CT molecular complexity index is 209. The average Bonchev–Trinajstić information content (AvgIpc) is 2.65. The summed E-state index contributed by atoms with van der Waals surface area (Å²) in [5, 5.41) is 10.3. The van der Waals surface area contributed by atoms with Crippen LogP contribution >= 0.6 is 0 Å². The second-order valence-electron chi connectivity index (χ2n) is 3.28. The van der Waals surface area contributed by atoms with Gasteiger partial charge in [-0.25, -0.2) is 5.06 Å². The Balaban J connectivity index is 1.87. The van der Waals surface area contributed by atoms with Crippen molar-refractivity contribution in [2.24, 2.45) is 0 Å². The maximum absolute atomic E-state index is 11.6. The van der Waals surface area contributed by atoms with Crippen molar-refractivity contribution in [1.29, 1.82) is 0 Å². The van der Waals surface area contributed by atoms with Crippen molar-refractivity contribution in [2.75, 3.05) is 33.0 Å². The highest BCUT2D eigenvalue weighted by atomic mass is 16.7. The van der Waals surface area contributed by atoms with E-state index in [1.165, 1.54) is 0 Å². The normalized spacial score (nSPS) is 33.4. The van der Waals surface area contributed by atoms with E-state index in [2.05, 4.69) is 0 Å². The van der Waals surface area contributed by atoms with E-state index in [0.29, 0.717) is 13.2 Å². The van der Waals surface area contributed by atoms with Crippen LogP contribution in [0.15, 0.2) is 0 Å². The van der Waals surface area contributed by atoms with Crippen molar-refractivity contribution < 1.29 is 24.2 Å². The van der Waals surface area contributed by atoms with Gasteiger partial charge in [0.25, 0.3) is 5.91 Å². The summed E-state index contributed by atoms with van der Waals surface area (Å²) in [6.45, 7) is 1.58. The first-order valence-electron chi connectivity index (χ1n) is 4.59. The standard InChI is InChI=1S/C8H13NO5/c10-6-3-9(14-4-6)8(11)7-5-12-1-2-13-7/h6-7,10H,1-5H2/t6-,7?/m1/s1. The Morgan fingerprint density at radius 1 is 1.36 bits per heavy atom. The van der Waals surface area contributed by atoms with Crippen molar-refractivity contribution >= 4 is 5.91 Å². The molecule has 2 fully saturated rings. The van der Waals surface area contributed by atoms with E-state index in [1.807, 2.05) is 0 Å². The number of hydrogen-bond acceptors (Lipinski definition) is 5. The zero-order chi connectivity index (χ0) is 9.97. The molecule has 0 aromatic carbocycles. The molecule has 1 unspecified atom stereocenters. The first-order valence-corrected chi connectivity index (χ1v) is 4.59. The molecule has 2 heterocycles. The fourth-order valence-electron chi connectivity index (χ4n) is 1.42. The molecule has 6 nitrogen and oxygen atoms in total. The van der Waals surface area contributed by atoms with Crippen LogP contribution < -0.4 is 0 Å². The Kier molecular flexibility index (Phi) is 2.97. The van der Waals surface area contributed by atoms with Gasteiger partial charge in [-0.1, -0.05) is 0 Å². The molecule has 0 spiro atoms. The highest BCUT2D eigenvalue weighted by Gasteiger charge is 2.33. The fraction of sp³-hybridized carbons (Fsp3) is 0.875. The summed E-state index contributed by atoms with van der Waals surface area (Å²) >= 11 is 0. The first-order chi connectivity index (χ1) is 6.77. The molecule has 2 atom stereocenters. The van der Waals surface area contributed by atoms with Gasteiger partial charge < -0.3 is 14.6 Å². The number of aliphatic hydroxyl groups is 1. The summed E-state index contributed by atoms with van der Waals surface area (Å²) in [7, 11) is 0. The minimum absolute atomic E-state index is 0.166. The summed E-state index contributed by atoms with van der Waals surface area (Å²) < 4.78 is 10.3. The van der Waals surface area contributed by atoms with Gasteiger partial charge in [0, 0.05) is 0 Å². The molecule has 6 heteroatoms. The van der Waals surface area contributed by atoms with Crippen molar-refractivity contribution in [3.8, 4) is 0 Å². The summed E-state index contributed by atoms with van der Waals surface area (Å²) in [4.78, 5) is 16.6. The lowest BCUT2D eigenvalue weighted by Gasteiger charge is -2.25. The van der Waals surface area contributed by atoms with Crippen LogP contribution in [0, 0.1) is 0 Å². The third kappa shape index (κ3) is 2.03. The molecule has 1 amide bonds. The Hall–Kier alpha value is -0.690. The van der Waals surface area contributed by atoms with E-state index in [-0.39, 0.29) is 25.7 Å². The Morgan fingerprint density at radius 2 is 2.21 bits per heavy atom. The van der Waals surface area contributed by atoms with Crippen molar-refractivity contribution in [1.82, 2.24) is 5.06 Å². The maximum Gasteiger partial charge on any atom is 0.277 e. The molecular formula is C8H13NO5.